The minimum Gasteiger partial charge on any atom is -0.493 e. The van der Waals surface area contributed by atoms with Crippen LogP contribution in [-0.4, -0.2) is 34.3 Å². The number of carboxylic acid groups (broad SMARTS) is 1. The van der Waals surface area contributed by atoms with Gasteiger partial charge in [0.05, 0.1) is 17.9 Å². The summed E-state index contributed by atoms with van der Waals surface area (Å²) in [6.07, 6.45) is -0.0318. The summed E-state index contributed by atoms with van der Waals surface area (Å²) < 4.78 is 49.6. The van der Waals surface area contributed by atoms with Crippen molar-refractivity contribution < 1.29 is 32.5 Å². The second kappa shape index (κ2) is 9.70. The molecule has 1 saturated carbocycles. The second-order valence-corrected chi connectivity index (χ2v) is 8.16. The Kier molecular flexibility index (Phi) is 6.72. The normalized spacial score (nSPS) is 13.5. The number of carboxylic acids is 1. The first-order valence-electron chi connectivity index (χ1n) is 10.8. The molecule has 6 nitrogen and oxygen atoms in total. The van der Waals surface area contributed by atoms with Crippen molar-refractivity contribution in [3.8, 4) is 22.9 Å². The number of hydrogen-bond acceptors (Lipinski definition) is 5. The Bertz CT molecular complexity index is 1180. The quantitative estimate of drug-likeness (QED) is 0.447. The third-order valence-corrected chi connectivity index (χ3v) is 5.47. The molecule has 0 spiro atoms. The molecule has 4 rings (SSSR count). The minimum atomic E-state index is -4.38. The van der Waals surface area contributed by atoms with Crippen molar-refractivity contribution in [2.75, 3.05) is 13.2 Å². The molecule has 1 aromatic heterocycles. The van der Waals surface area contributed by atoms with Gasteiger partial charge < -0.3 is 14.6 Å². The van der Waals surface area contributed by atoms with Gasteiger partial charge in [-0.2, -0.15) is 13.2 Å². The molecule has 1 aliphatic rings. The largest absolute Gasteiger partial charge is 0.493 e. The van der Waals surface area contributed by atoms with Crippen LogP contribution >= 0.6 is 0 Å². The fourth-order valence-electron chi connectivity index (χ4n) is 3.56. The Hall–Kier alpha value is -3.62. The number of rotatable bonds is 9. The zero-order chi connectivity index (χ0) is 24.3. The van der Waals surface area contributed by atoms with Gasteiger partial charge in [0.1, 0.15) is 11.5 Å². The van der Waals surface area contributed by atoms with E-state index in [0.717, 1.165) is 41.8 Å². The molecule has 0 amide bonds. The highest BCUT2D eigenvalue weighted by atomic mass is 19.4. The van der Waals surface area contributed by atoms with E-state index in [9.17, 15) is 18.0 Å². The van der Waals surface area contributed by atoms with Crippen LogP contribution in [0.15, 0.2) is 48.7 Å². The van der Waals surface area contributed by atoms with Gasteiger partial charge in [-0.15, -0.1) is 0 Å². The van der Waals surface area contributed by atoms with E-state index in [4.69, 9.17) is 14.6 Å². The average molecular weight is 472 g/mol. The van der Waals surface area contributed by atoms with E-state index < -0.39 is 24.3 Å². The van der Waals surface area contributed by atoms with E-state index >= 15 is 0 Å². The van der Waals surface area contributed by atoms with Crippen molar-refractivity contribution >= 4 is 5.97 Å². The van der Waals surface area contributed by atoms with Crippen molar-refractivity contribution in [2.24, 2.45) is 0 Å². The maximum absolute atomic E-state index is 12.8. The first kappa shape index (κ1) is 23.5. The van der Waals surface area contributed by atoms with Crippen LogP contribution in [0.3, 0.4) is 0 Å². The maximum atomic E-state index is 12.8. The highest BCUT2D eigenvalue weighted by molar-refractivity contribution is 5.68. The molecular formula is C25H23F3N2O4. The van der Waals surface area contributed by atoms with Gasteiger partial charge in [0, 0.05) is 24.1 Å². The van der Waals surface area contributed by atoms with Crippen molar-refractivity contribution in [1.82, 2.24) is 9.97 Å². The molecule has 178 valence electrons. The van der Waals surface area contributed by atoms with Crippen molar-refractivity contribution in [3.63, 3.8) is 0 Å². The minimum absolute atomic E-state index is 0.333. The van der Waals surface area contributed by atoms with Gasteiger partial charge in [0.15, 0.2) is 12.4 Å². The zero-order valence-corrected chi connectivity index (χ0v) is 18.4. The first-order chi connectivity index (χ1) is 16.2. The van der Waals surface area contributed by atoms with Gasteiger partial charge in [-0.3, -0.25) is 0 Å². The molecule has 3 aromatic rings. The lowest BCUT2D eigenvalue weighted by Gasteiger charge is -2.13. The predicted molar refractivity (Wildman–Crippen MR) is 118 cm³/mol. The topological polar surface area (TPSA) is 81.5 Å². The molecule has 1 heterocycles. The molecular weight excluding hydrogens is 449 g/mol. The first-order valence-corrected chi connectivity index (χ1v) is 10.8. The summed E-state index contributed by atoms with van der Waals surface area (Å²) in [6.45, 7) is 1.79. The molecule has 2 aromatic carbocycles. The maximum Gasteiger partial charge on any atom is 0.416 e. The van der Waals surface area contributed by atoms with Crippen molar-refractivity contribution in [1.29, 1.82) is 0 Å². The fourth-order valence-corrected chi connectivity index (χ4v) is 3.56. The van der Waals surface area contributed by atoms with Crippen molar-refractivity contribution in [3.05, 3.63) is 71.0 Å². The summed E-state index contributed by atoms with van der Waals surface area (Å²) in [6, 6.07) is 10.0. The number of ether oxygens (including phenoxy) is 2. The molecule has 0 atom stereocenters. The summed E-state index contributed by atoms with van der Waals surface area (Å²) in [7, 11) is 0. The SMILES string of the molecule is Cc1cc(OCCc2cnc(-c3ccc(C(F)(F)F)cc3)nc2C2CC2)ccc1OCC(=O)O. The Morgan fingerprint density at radius 3 is 2.47 bits per heavy atom. The summed E-state index contributed by atoms with van der Waals surface area (Å²) >= 11 is 0. The van der Waals surface area contributed by atoms with E-state index in [1.54, 1.807) is 24.4 Å². The lowest BCUT2D eigenvalue weighted by molar-refractivity contribution is -0.139. The molecule has 1 fully saturated rings. The van der Waals surface area contributed by atoms with E-state index in [0.29, 0.717) is 41.8 Å². The summed E-state index contributed by atoms with van der Waals surface area (Å²) in [4.78, 5) is 19.7. The van der Waals surface area contributed by atoms with Crippen LogP contribution in [0.4, 0.5) is 13.2 Å². The van der Waals surface area contributed by atoms with Crippen LogP contribution in [0, 0.1) is 6.92 Å². The summed E-state index contributed by atoms with van der Waals surface area (Å²) in [5.41, 5.74) is 2.47. The second-order valence-electron chi connectivity index (χ2n) is 8.16. The molecule has 0 aliphatic heterocycles. The summed E-state index contributed by atoms with van der Waals surface area (Å²) in [5.74, 6) is 0.818. The van der Waals surface area contributed by atoms with Crippen LogP contribution in [0.1, 0.15) is 41.1 Å². The molecule has 0 unspecified atom stereocenters. The van der Waals surface area contributed by atoms with E-state index in [1.165, 1.54) is 12.1 Å². The van der Waals surface area contributed by atoms with E-state index in [-0.39, 0.29) is 0 Å². The van der Waals surface area contributed by atoms with Crippen LogP contribution in [0.5, 0.6) is 11.5 Å². The zero-order valence-electron chi connectivity index (χ0n) is 18.4. The third-order valence-electron chi connectivity index (χ3n) is 5.47. The van der Waals surface area contributed by atoms with Gasteiger partial charge in [-0.1, -0.05) is 12.1 Å². The number of aliphatic carboxylic acids is 1. The van der Waals surface area contributed by atoms with Crippen LogP contribution in [0.25, 0.3) is 11.4 Å². The Morgan fingerprint density at radius 1 is 1.12 bits per heavy atom. The van der Waals surface area contributed by atoms with Crippen molar-refractivity contribution in [2.45, 2.75) is 38.3 Å². The average Bonchev–Trinajstić information content (AvgIpc) is 3.63. The number of aromatic nitrogens is 2. The lowest BCUT2D eigenvalue weighted by atomic mass is 10.1. The molecule has 0 bridgehead atoms. The van der Waals surface area contributed by atoms with E-state index in [1.807, 2.05) is 6.92 Å². The molecule has 0 radical (unpaired) electrons. The summed E-state index contributed by atoms with van der Waals surface area (Å²) in [5, 5.41) is 8.73. The number of carbonyl (C=O) groups is 1. The molecule has 0 saturated heterocycles. The molecule has 1 N–H and O–H groups in total. The molecule has 9 heteroatoms. The van der Waals surface area contributed by atoms with Gasteiger partial charge in [0.2, 0.25) is 0 Å². The van der Waals surface area contributed by atoms with Gasteiger partial charge >= 0.3 is 12.1 Å². The lowest BCUT2D eigenvalue weighted by Crippen LogP contribution is -2.10. The van der Waals surface area contributed by atoms with Gasteiger partial charge in [0.25, 0.3) is 0 Å². The number of aryl methyl sites for hydroxylation is 1. The number of benzene rings is 2. The monoisotopic (exact) mass is 472 g/mol. The van der Waals surface area contributed by atoms with E-state index in [2.05, 4.69) is 9.97 Å². The third kappa shape index (κ3) is 5.84. The van der Waals surface area contributed by atoms with Gasteiger partial charge in [-0.05, 0) is 61.2 Å². The number of nitrogens with zero attached hydrogens (tertiary/aromatic N) is 2. The van der Waals surface area contributed by atoms with Crippen LogP contribution in [0.2, 0.25) is 0 Å². The Balaban J connectivity index is 1.42. The molecule has 34 heavy (non-hydrogen) atoms. The van der Waals surface area contributed by atoms with Crippen LogP contribution < -0.4 is 9.47 Å². The standard InChI is InChI=1S/C25H23F3N2O4/c1-15-12-20(8-9-21(15)34-14-22(31)32)33-11-10-18-13-29-24(30-23(18)16-2-3-16)17-4-6-19(7-5-17)25(26,27)28/h4-9,12-13,16H,2-3,10-11,14H2,1H3,(H,31,32). The predicted octanol–water partition coefficient (Wildman–Crippen LogP) is 5.43. The smallest absolute Gasteiger partial charge is 0.416 e. The highest BCUT2D eigenvalue weighted by Gasteiger charge is 2.31. The molecule has 1 aliphatic carbocycles. The Morgan fingerprint density at radius 2 is 1.85 bits per heavy atom. The number of alkyl halides is 3. The number of hydrogen-bond donors (Lipinski definition) is 1. The number of halogens is 3. The van der Waals surface area contributed by atoms with Gasteiger partial charge in [-0.25, -0.2) is 14.8 Å². The van der Waals surface area contributed by atoms with Crippen LogP contribution in [-0.2, 0) is 17.4 Å². The fraction of sp³-hybridized carbons (Fsp3) is 0.320. The Labute approximate surface area is 194 Å². The highest BCUT2D eigenvalue weighted by Crippen LogP contribution is 2.41.